The predicted octanol–water partition coefficient (Wildman–Crippen LogP) is 1.31. The molecule has 0 aliphatic rings. The van der Waals surface area contributed by atoms with Gasteiger partial charge in [-0.15, -0.1) is 0 Å². The first kappa shape index (κ1) is 19.2. The summed E-state index contributed by atoms with van der Waals surface area (Å²) in [5.74, 6) is -0.137. The lowest BCUT2D eigenvalue weighted by atomic mass is 10.0. The van der Waals surface area contributed by atoms with Crippen LogP contribution in [0.25, 0.3) is 0 Å². The molecule has 0 radical (unpaired) electrons. The third kappa shape index (κ3) is 5.73. The third-order valence-corrected chi connectivity index (χ3v) is 3.61. The van der Waals surface area contributed by atoms with Crippen LogP contribution in [0.4, 0.5) is 5.95 Å². The van der Waals surface area contributed by atoms with Crippen molar-refractivity contribution in [2.75, 3.05) is 12.5 Å². The van der Waals surface area contributed by atoms with E-state index in [0.717, 1.165) is 5.56 Å². The molecule has 2 amide bonds. The smallest absolute Gasteiger partial charge is 0.261 e. The highest BCUT2D eigenvalue weighted by molar-refractivity contribution is 5.89. The van der Waals surface area contributed by atoms with Gasteiger partial charge in [0.25, 0.3) is 5.91 Å². The van der Waals surface area contributed by atoms with Crippen LogP contribution in [-0.4, -0.2) is 34.9 Å². The normalized spacial score (nSPS) is 11.5. The third-order valence-electron chi connectivity index (χ3n) is 3.61. The van der Waals surface area contributed by atoms with E-state index in [9.17, 15) is 9.59 Å². The van der Waals surface area contributed by atoms with Gasteiger partial charge in [0.2, 0.25) is 17.7 Å². The number of nitrogens with one attached hydrogen (secondary N) is 3. The Morgan fingerprint density at radius 1 is 1.15 bits per heavy atom. The molecular weight excluding hydrogens is 334 g/mol. The van der Waals surface area contributed by atoms with Gasteiger partial charge in [-0.1, -0.05) is 44.2 Å². The van der Waals surface area contributed by atoms with Gasteiger partial charge in [-0.3, -0.25) is 20.4 Å². The molecule has 138 valence electrons. The van der Waals surface area contributed by atoms with E-state index in [1.807, 2.05) is 44.2 Å². The van der Waals surface area contributed by atoms with Crippen LogP contribution in [0, 0.1) is 5.92 Å². The number of hydrogen-bond acceptors (Lipinski definition) is 6. The number of hydrazine groups is 1. The van der Waals surface area contributed by atoms with E-state index >= 15 is 0 Å². The van der Waals surface area contributed by atoms with Crippen LogP contribution in [-0.2, 0) is 16.0 Å². The SMILES string of the molecule is COc1ccnc(NNC(=O)C(NC(=O)Cc2ccccc2)C(C)C)n1. The summed E-state index contributed by atoms with van der Waals surface area (Å²) in [5.41, 5.74) is 6.03. The van der Waals surface area contributed by atoms with Crippen molar-refractivity contribution in [2.24, 2.45) is 5.92 Å². The first-order valence-corrected chi connectivity index (χ1v) is 8.25. The number of ether oxygens (including phenoxy) is 1. The van der Waals surface area contributed by atoms with Gasteiger partial charge in [0.05, 0.1) is 13.5 Å². The van der Waals surface area contributed by atoms with Gasteiger partial charge in [0, 0.05) is 12.3 Å². The molecule has 2 rings (SSSR count). The minimum Gasteiger partial charge on any atom is -0.481 e. The first-order chi connectivity index (χ1) is 12.5. The number of benzene rings is 1. The van der Waals surface area contributed by atoms with Crippen molar-refractivity contribution in [3.63, 3.8) is 0 Å². The minimum absolute atomic E-state index is 0.0947. The molecule has 0 saturated heterocycles. The number of hydrogen-bond donors (Lipinski definition) is 3. The molecule has 1 heterocycles. The van der Waals surface area contributed by atoms with E-state index in [0.29, 0.717) is 5.88 Å². The molecule has 0 bridgehead atoms. The fourth-order valence-corrected chi connectivity index (χ4v) is 2.25. The summed E-state index contributed by atoms with van der Waals surface area (Å²) in [6, 6.07) is 10.3. The zero-order valence-electron chi connectivity index (χ0n) is 15.0. The molecule has 0 aliphatic heterocycles. The maximum Gasteiger partial charge on any atom is 0.261 e. The number of nitrogens with zero attached hydrogens (tertiary/aromatic N) is 2. The number of carbonyl (C=O) groups excluding carboxylic acids is 2. The Labute approximate surface area is 152 Å². The molecule has 1 aromatic heterocycles. The van der Waals surface area contributed by atoms with Crippen molar-refractivity contribution in [3.8, 4) is 5.88 Å². The van der Waals surface area contributed by atoms with Gasteiger partial charge in [-0.25, -0.2) is 4.98 Å². The zero-order chi connectivity index (χ0) is 18.9. The van der Waals surface area contributed by atoms with Gasteiger partial charge < -0.3 is 10.1 Å². The first-order valence-electron chi connectivity index (χ1n) is 8.25. The standard InChI is InChI=1S/C18H23N5O3/c1-12(2)16(20-14(24)11-13-7-5-4-6-8-13)17(25)22-23-18-19-10-9-15(21-18)26-3/h4-10,12,16H,11H2,1-3H3,(H,20,24)(H,22,25)(H,19,21,23). The second kappa shape index (κ2) is 9.36. The summed E-state index contributed by atoms with van der Waals surface area (Å²) in [5, 5.41) is 2.77. The van der Waals surface area contributed by atoms with Crippen molar-refractivity contribution in [3.05, 3.63) is 48.2 Å². The molecule has 3 N–H and O–H groups in total. The lowest BCUT2D eigenvalue weighted by Gasteiger charge is -2.22. The number of carbonyl (C=O) groups is 2. The van der Waals surface area contributed by atoms with Crippen LogP contribution < -0.4 is 20.9 Å². The Morgan fingerprint density at radius 3 is 2.54 bits per heavy atom. The molecule has 0 fully saturated rings. The highest BCUT2D eigenvalue weighted by Gasteiger charge is 2.24. The summed E-state index contributed by atoms with van der Waals surface area (Å²) in [7, 11) is 1.49. The summed E-state index contributed by atoms with van der Waals surface area (Å²) in [4.78, 5) is 32.7. The predicted molar refractivity (Wildman–Crippen MR) is 97.3 cm³/mol. The summed E-state index contributed by atoms with van der Waals surface area (Å²) >= 11 is 0. The Kier molecular flexibility index (Phi) is 6.90. The van der Waals surface area contributed by atoms with Crippen molar-refractivity contribution in [1.82, 2.24) is 20.7 Å². The lowest BCUT2D eigenvalue weighted by Crippen LogP contribution is -2.51. The average molecular weight is 357 g/mol. The second-order valence-corrected chi connectivity index (χ2v) is 5.99. The van der Waals surface area contributed by atoms with Crippen molar-refractivity contribution >= 4 is 17.8 Å². The molecule has 1 atom stereocenters. The summed E-state index contributed by atoms with van der Waals surface area (Å²) < 4.78 is 5.00. The van der Waals surface area contributed by atoms with E-state index < -0.39 is 6.04 Å². The maximum absolute atomic E-state index is 12.4. The minimum atomic E-state index is -0.690. The number of aromatic nitrogens is 2. The molecule has 0 spiro atoms. The molecule has 8 heteroatoms. The summed E-state index contributed by atoms with van der Waals surface area (Å²) in [6.45, 7) is 3.71. The highest BCUT2D eigenvalue weighted by atomic mass is 16.5. The van der Waals surface area contributed by atoms with Crippen molar-refractivity contribution in [1.29, 1.82) is 0 Å². The molecule has 0 saturated carbocycles. The van der Waals surface area contributed by atoms with Crippen molar-refractivity contribution in [2.45, 2.75) is 26.3 Å². The van der Waals surface area contributed by atoms with Crippen LogP contribution in [0.15, 0.2) is 42.6 Å². The van der Waals surface area contributed by atoms with E-state index in [-0.39, 0.29) is 30.1 Å². The number of amides is 2. The molecule has 8 nitrogen and oxygen atoms in total. The molecule has 1 aromatic carbocycles. The Bertz CT molecular complexity index is 737. The van der Waals surface area contributed by atoms with Crippen LogP contribution >= 0.6 is 0 Å². The van der Waals surface area contributed by atoms with E-state index in [2.05, 4.69) is 26.1 Å². The van der Waals surface area contributed by atoms with Gasteiger partial charge in [-0.05, 0) is 11.5 Å². The fraction of sp³-hybridized carbons (Fsp3) is 0.333. The monoisotopic (exact) mass is 357 g/mol. The topological polar surface area (TPSA) is 105 Å². The lowest BCUT2D eigenvalue weighted by molar-refractivity contribution is -0.129. The Hall–Kier alpha value is -3.16. The second-order valence-electron chi connectivity index (χ2n) is 5.99. The van der Waals surface area contributed by atoms with Gasteiger partial charge in [0.1, 0.15) is 6.04 Å². The average Bonchev–Trinajstić information content (AvgIpc) is 2.65. The van der Waals surface area contributed by atoms with Gasteiger partial charge >= 0.3 is 0 Å². The van der Waals surface area contributed by atoms with Crippen LogP contribution in [0.3, 0.4) is 0 Å². The molecule has 2 aromatic rings. The van der Waals surface area contributed by atoms with Crippen LogP contribution in [0.5, 0.6) is 5.88 Å². The van der Waals surface area contributed by atoms with E-state index in [1.165, 1.54) is 13.3 Å². The summed E-state index contributed by atoms with van der Waals surface area (Å²) in [6.07, 6.45) is 1.71. The maximum atomic E-state index is 12.4. The molecule has 0 aliphatic carbocycles. The largest absolute Gasteiger partial charge is 0.481 e. The van der Waals surface area contributed by atoms with Crippen molar-refractivity contribution < 1.29 is 14.3 Å². The molecule has 1 unspecified atom stereocenters. The quantitative estimate of drug-likeness (QED) is 0.615. The van der Waals surface area contributed by atoms with E-state index in [4.69, 9.17) is 4.74 Å². The van der Waals surface area contributed by atoms with Gasteiger partial charge in [0.15, 0.2) is 0 Å². The molecule has 26 heavy (non-hydrogen) atoms. The number of methoxy groups -OCH3 is 1. The van der Waals surface area contributed by atoms with E-state index in [1.54, 1.807) is 6.07 Å². The van der Waals surface area contributed by atoms with Gasteiger partial charge in [-0.2, -0.15) is 4.98 Å². The number of anilines is 1. The van der Waals surface area contributed by atoms with Crippen LogP contribution in [0.2, 0.25) is 0 Å². The Morgan fingerprint density at radius 2 is 1.88 bits per heavy atom. The van der Waals surface area contributed by atoms with Crippen LogP contribution in [0.1, 0.15) is 19.4 Å². The molecular formula is C18H23N5O3. The Balaban J connectivity index is 1.92. The number of rotatable bonds is 8. The fourth-order valence-electron chi connectivity index (χ4n) is 2.25. The highest BCUT2D eigenvalue weighted by Crippen LogP contribution is 2.07. The zero-order valence-corrected chi connectivity index (χ0v) is 15.0.